The van der Waals surface area contributed by atoms with Crippen LogP contribution in [0.3, 0.4) is 0 Å². The maximum atomic E-state index is 17.0. The average molecular weight is 498 g/mol. The number of aryl methyl sites for hydroxylation is 1. The van der Waals surface area contributed by atoms with Gasteiger partial charge in [0.25, 0.3) is 5.91 Å². The highest BCUT2D eigenvalue weighted by atomic mass is 19.1. The number of pyridine rings is 1. The standard InChI is InChI=1S/C28H36FN3O4/c1-16-19(6-5-13-30-16)31-24(35)17-7-8-21-25(17,2)9-11-27(29)14-18-22(33)23(34)20(32(3)4)15-26(18)10-12-28(21,27)36-26/h5-7,13-14,20-23,33-34H,8-12,15H2,1-4H3,(H,31,35)/t20-,21?,22+,23+,25+,26+,27?,28-/m0/s1. The Morgan fingerprint density at radius 3 is 2.75 bits per heavy atom. The monoisotopic (exact) mass is 497 g/mol. The topological polar surface area (TPSA) is 94.9 Å². The number of likely N-dealkylation sites (N-methyl/N-ethyl adjacent to an activating group) is 1. The number of nitrogens with one attached hydrogen (secondary N) is 1. The number of rotatable bonds is 3. The summed E-state index contributed by atoms with van der Waals surface area (Å²) in [7, 11) is 3.76. The molecule has 3 fully saturated rings. The molecule has 0 radical (unpaired) electrons. The summed E-state index contributed by atoms with van der Waals surface area (Å²) in [6.07, 6.45) is 6.03. The van der Waals surface area contributed by atoms with Crippen molar-refractivity contribution in [3.05, 3.63) is 47.3 Å². The molecule has 8 atom stereocenters. The molecule has 1 aromatic heterocycles. The lowest BCUT2D eigenvalue weighted by Crippen LogP contribution is -2.68. The lowest BCUT2D eigenvalue weighted by atomic mass is 9.53. The quantitative estimate of drug-likeness (QED) is 0.556. The summed E-state index contributed by atoms with van der Waals surface area (Å²) >= 11 is 0. The Labute approximate surface area is 211 Å². The van der Waals surface area contributed by atoms with Crippen molar-refractivity contribution in [1.29, 1.82) is 0 Å². The van der Waals surface area contributed by atoms with E-state index in [0.717, 1.165) is 5.69 Å². The van der Waals surface area contributed by atoms with Crippen LogP contribution in [-0.2, 0) is 9.53 Å². The molecule has 194 valence electrons. The van der Waals surface area contributed by atoms with Crippen LogP contribution in [-0.4, -0.2) is 75.2 Å². The van der Waals surface area contributed by atoms with E-state index in [4.69, 9.17) is 4.74 Å². The Bertz CT molecular complexity index is 1190. The van der Waals surface area contributed by atoms with Gasteiger partial charge in [-0.05, 0) is 83.3 Å². The van der Waals surface area contributed by atoms with Crippen LogP contribution in [0.1, 0.15) is 51.1 Å². The number of fused-ring (bicyclic) bond motifs is 1. The number of aliphatic hydroxyl groups excluding tert-OH is 2. The van der Waals surface area contributed by atoms with Crippen LogP contribution in [0.5, 0.6) is 0 Å². The predicted molar refractivity (Wildman–Crippen MR) is 133 cm³/mol. The Balaban J connectivity index is 1.35. The van der Waals surface area contributed by atoms with Gasteiger partial charge in [-0.15, -0.1) is 0 Å². The van der Waals surface area contributed by atoms with Crippen molar-refractivity contribution in [2.75, 3.05) is 19.4 Å². The molecule has 6 rings (SSSR count). The molecule has 1 saturated heterocycles. The minimum Gasteiger partial charge on any atom is -0.388 e. The number of ether oxygens (including phenoxy) is 1. The SMILES string of the molecule is Cc1ncccc1NC(=O)C1=CCC2[C@@]34CC[C@]5(C[C@H](N(C)C)[C@@H](O)[C@H](O)C5=CC3(F)CC[C@]12C)O4. The molecular weight excluding hydrogens is 461 g/mol. The molecule has 36 heavy (non-hydrogen) atoms. The number of hydrogen-bond donors (Lipinski definition) is 3. The fourth-order valence-corrected chi connectivity index (χ4v) is 8.14. The van der Waals surface area contributed by atoms with Gasteiger partial charge in [0.1, 0.15) is 11.7 Å². The van der Waals surface area contributed by atoms with Crippen molar-refractivity contribution >= 4 is 11.6 Å². The molecule has 2 unspecified atom stereocenters. The summed E-state index contributed by atoms with van der Waals surface area (Å²) in [6.45, 7) is 3.94. The maximum absolute atomic E-state index is 17.0. The van der Waals surface area contributed by atoms with Gasteiger partial charge in [-0.1, -0.05) is 13.0 Å². The number of nitrogens with zero attached hydrogens (tertiary/aromatic N) is 2. The van der Waals surface area contributed by atoms with Gasteiger partial charge in [-0.3, -0.25) is 9.78 Å². The van der Waals surface area contributed by atoms with E-state index in [9.17, 15) is 15.0 Å². The molecule has 8 heteroatoms. The van der Waals surface area contributed by atoms with E-state index in [-0.39, 0.29) is 24.3 Å². The first-order valence-electron chi connectivity index (χ1n) is 13.0. The maximum Gasteiger partial charge on any atom is 0.251 e. The molecule has 3 aliphatic carbocycles. The first kappa shape index (κ1) is 24.2. The third-order valence-corrected chi connectivity index (χ3v) is 10.1. The van der Waals surface area contributed by atoms with Crippen molar-refractivity contribution in [3.63, 3.8) is 0 Å². The zero-order chi connectivity index (χ0) is 25.7. The highest BCUT2D eigenvalue weighted by Crippen LogP contribution is 2.70. The molecule has 2 spiro atoms. The minimum absolute atomic E-state index is 0.164. The summed E-state index contributed by atoms with van der Waals surface area (Å²) in [6, 6.07) is 3.34. The molecule has 3 heterocycles. The Morgan fingerprint density at radius 1 is 1.25 bits per heavy atom. The average Bonchev–Trinajstić information content (AvgIpc) is 3.36. The van der Waals surface area contributed by atoms with Crippen molar-refractivity contribution < 1.29 is 24.1 Å². The zero-order valence-electron chi connectivity index (χ0n) is 21.4. The Kier molecular flexibility index (Phi) is 5.18. The number of halogens is 1. The van der Waals surface area contributed by atoms with Crippen LogP contribution >= 0.6 is 0 Å². The van der Waals surface area contributed by atoms with Gasteiger partial charge < -0.3 is 25.2 Å². The first-order chi connectivity index (χ1) is 17.0. The number of alkyl halides is 1. The predicted octanol–water partition coefficient (Wildman–Crippen LogP) is 3.07. The van der Waals surface area contributed by atoms with Crippen LogP contribution in [0.4, 0.5) is 10.1 Å². The molecule has 2 bridgehead atoms. The summed E-state index contributed by atoms with van der Waals surface area (Å²) < 4.78 is 23.9. The van der Waals surface area contributed by atoms with Crippen LogP contribution in [0.25, 0.3) is 0 Å². The second-order valence-electron chi connectivity index (χ2n) is 12.0. The molecule has 7 nitrogen and oxygen atoms in total. The minimum atomic E-state index is -1.75. The molecule has 0 aromatic carbocycles. The fourth-order valence-electron chi connectivity index (χ4n) is 8.14. The first-order valence-corrected chi connectivity index (χ1v) is 13.0. The van der Waals surface area contributed by atoms with E-state index < -0.39 is 34.5 Å². The van der Waals surface area contributed by atoms with Gasteiger partial charge in [0.2, 0.25) is 0 Å². The molecule has 1 aromatic rings. The lowest BCUT2D eigenvalue weighted by Gasteiger charge is -2.60. The van der Waals surface area contributed by atoms with E-state index >= 15 is 4.39 Å². The van der Waals surface area contributed by atoms with Crippen LogP contribution in [0.15, 0.2) is 41.6 Å². The van der Waals surface area contributed by atoms with Crippen molar-refractivity contribution in [1.82, 2.24) is 9.88 Å². The number of anilines is 1. The van der Waals surface area contributed by atoms with Crippen LogP contribution in [0.2, 0.25) is 0 Å². The number of amides is 1. The van der Waals surface area contributed by atoms with Crippen LogP contribution in [0, 0.1) is 18.3 Å². The summed E-state index contributed by atoms with van der Waals surface area (Å²) in [5.74, 6) is -0.360. The molecule has 1 amide bonds. The van der Waals surface area contributed by atoms with Gasteiger partial charge in [-0.25, -0.2) is 4.39 Å². The number of allylic oxidation sites excluding steroid dienone is 1. The van der Waals surface area contributed by atoms with Crippen LogP contribution < -0.4 is 5.32 Å². The number of carbonyl (C=O) groups excluding carboxylic acids is 1. The molecular formula is C28H36FN3O4. The Hall–Kier alpha value is -2.13. The Morgan fingerprint density at radius 2 is 2.03 bits per heavy atom. The number of aliphatic hydroxyl groups is 2. The zero-order valence-corrected chi connectivity index (χ0v) is 21.4. The van der Waals surface area contributed by atoms with Crippen molar-refractivity contribution in [2.24, 2.45) is 11.3 Å². The van der Waals surface area contributed by atoms with Gasteiger partial charge in [0.05, 0.1) is 23.1 Å². The molecule has 2 saturated carbocycles. The second-order valence-corrected chi connectivity index (χ2v) is 12.0. The molecule has 2 aliphatic heterocycles. The highest BCUT2D eigenvalue weighted by Gasteiger charge is 2.75. The summed E-state index contributed by atoms with van der Waals surface area (Å²) in [5, 5.41) is 24.9. The summed E-state index contributed by atoms with van der Waals surface area (Å²) in [5.41, 5.74) is -1.52. The van der Waals surface area contributed by atoms with E-state index in [0.29, 0.717) is 48.9 Å². The highest BCUT2D eigenvalue weighted by molar-refractivity contribution is 6.05. The van der Waals surface area contributed by atoms with E-state index in [2.05, 4.69) is 17.2 Å². The smallest absolute Gasteiger partial charge is 0.251 e. The fraction of sp³-hybridized carbons (Fsp3) is 0.643. The van der Waals surface area contributed by atoms with Crippen molar-refractivity contribution in [2.45, 2.75) is 87.5 Å². The van der Waals surface area contributed by atoms with E-state index in [1.54, 1.807) is 18.3 Å². The molecule has 3 N–H and O–H groups in total. The van der Waals surface area contributed by atoms with Gasteiger partial charge in [-0.2, -0.15) is 0 Å². The van der Waals surface area contributed by atoms with E-state index in [1.165, 1.54) is 0 Å². The van der Waals surface area contributed by atoms with Gasteiger partial charge in [0.15, 0.2) is 5.67 Å². The summed E-state index contributed by atoms with van der Waals surface area (Å²) in [4.78, 5) is 19.7. The number of aromatic nitrogens is 1. The second kappa shape index (κ2) is 7.69. The normalized spacial score (nSPS) is 44.9. The van der Waals surface area contributed by atoms with Crippen molar-refractivity contribution in [3.8, 4) is 0 Å². The number of carbonyl (C=O) groups is 1. The van der Waals surface area contributed by atoms with Gasteiger partial charge >= 0.3 is 0 Å². The van der Waals surface area contributed by atoms with E-state index in [1.807, 2.05) is 38.1 Å². The largest absolute Gasteiger partial charge is 0.388 e. The van der Waals surface area contributed by atoms with Gasteiger partial charge in [0, 0.05) is 29.1 Å². The molecule has 5 aliphatic rings. The lowest BCUT2D eigenvalue weighted by molar-refractivity contribution is -0.241. The number of hydrogen-bond acceptors (Lipinski definition) is 6. The third-order valence-electron chi connectivity index (χ3n) is 10.1. The third kappa shape index (κ3) is 2.98.